The van der Waals surface area contributed by atoms with Crippen LogP contribution in [0.3, 0.4) is 0 Å². The first-order valence-corrected chi connectivity index (χ1v) is 6.64. The van der Waals surface area contributed by atoms with Gasteiger partial charge in [-0.2, -0.15) is 0 Å². The van der Waals surface area contributed by atoms with Gasteiger partial charge in [-0.05, 0) is 19.9 Å². The Kier molecular flexibility index (Phi) is 3.71. The number of aliphatic hydroxyl groups is 1. The van der Waals surface area contributed by atoms with Crippen LogP contribution in [0.4, 0.5) is 5.69 Å². The molecule has 6 nitrogen and oxygen atoms in total. The fraction of sp³-hybridized carbons (Fsp3) is 0.571. The number of nitro groups is 1. The lowest BCUT2D eigenvalue weighted by atomic mass is 9.86. The van der Waals surface area contributed by atoms with E-state index in [1.54, 1.807) is 19.9 Å². The highest BCUT2D eigenvalue weighted by molar-refractivity contribution is 5.48. The summed E-state index contributed by atoms with van der Waals surface area (Å²) >= 11 is 0. The fourth-order valence-corrected chi connectivity index (χ4v) is 2.44. The molecule has 0 aromatic heterocycles. The molecule has 20 heavy (non-hydrogen) atoms. The molecule has 110 valence electrons. The zero-order chi connectivity index (χ0) is 15.1. The fourth-order valence-electron chi connectivity index (χ4n) is 2.44. The molecule has 1 heterocycles. The predicted molar refractivity (Wildman–Crippen MR) is 74.8 cm³/mol. The van der Waals surface area contributed by atoms with Crippen molar-refractivity contribution >= 4 is 5.69 Å². The molecular weight excluding hydrogens is 260 g/mol. The summed E-state index contributed by atoms with van der Waals surface area (Å²) in [5.41, 5.74) is -0.134. The van der Waals surface area contributed by atoms with E-state index < -0.39 is 22.7 Å². The monoisotopic (exact) mass is 280 g/mol. The number of fused-ring (bicyclic) bond motifs is 1. The standard InChI is InChI=1S/C14H20N2O4/c1-8(2)15-12-10-7-9(16(18)19)5-6-11(10)20-14(3,4)13(12)17/h5-8,12-13,15,17H,1-4H3. The van der Waals surface area contributed by atoms with Crippen molar-refractivity contribution in [2.75, 3.05) is 0 Å². The number of nitrogens with one attached hydrogen (secondary N) is 1. The second-order valence-corrected chi connectivity index (χ2v) is 5.93. The van der Waals surface area contributed by atoms with Crippen molar-refractivity contribution in [2.24, 2.45) is 0 Å². The Bertz CT molecular complexity index is 528. The van der Waals surface area contributed by atoms with Crippen molar-refractivity contribution < 1.29 is 14.8 Å². The third-order valence-corrected chi connectivity index (χ3v) is 3.45. The summed E-state index contributed by atoms with van der Waals surface area (Å²) in [6.07, 6.45) is -0.792. The third kappa shape index (κ3) is 2.62. The first-order chi connectivity index (χ1) is 9.22. The SMILES string of the molecule is CC(C)NC1c2cc([N+](=O)[O-])ccc2OC(C)(C)C1O. The molecule has 0 spiro atoms. The summed E-state index contributed by atoms with van der Waals surface area (Å²) in [6, 6.07) is 4.22. The van der Waals surface area contributed by atoms with Crippen molar-refractivity contribution in [3.63, 3.8) is 0 Å². The number of nitro benzene ring substituents is 1. The first-order valence-electron chi connectivity index (χ1n) is 6.64. The summed E-state index contributed by atoms with van der Waals surface area (Å²) < 4.78 is 5.77. The number of rotatable bonds is 3. The van der Waals surface area contributed by atoms with Crippen LogP contribution in [0.2, 0.25) is 0 Å². The highest BCUT2D eigenvalue weighted by Gasteiger charge is 2.43. The number of ether oxygens (including phenoxy) is 1. The average molecular weight is 280 g/mol. The lowest BCUT2D eigenvalue weighted by molar-refractivity contribution is -0.385. The molecule has 1 aromatic carbocycles. The molecule has 0 aliphatic carbocycles. The maximum Gasteiger partial charge on any atom is 0.270 e. The number of nitrogens with zero attached hydrogens (tertiary/aromatic N) is 1. The van der Waals surface area contributed by atoms with Gasteiger partial charge in [0.1, 0.15) is 17.5 Å². The van der Waals surface area contributed by atoms with E-state index in [0.717, 1.165) is 0 Å². The van der Waals surface area contributed by atoms with Gasteiger partial charge < -0.3 is 15.2 Å². The quantitative estimate of drug-likeness (QED) is 0.654. The Morgan fingerprint density at radius 1 is 1.45 bits per heavy atom. The number of hydrogen-bond donors (Lipinski definition) is 2. The van der Waals surface area contributed by atoms with E-state index in [9.17, 15) is 15.2 Å². The van der Waals surface area contributed by atoms with E-state index in [4.69, 9.17) is 4.74 Å². The maximum atomic E-state index is 10.9. The molecule has 0 amide bonds. The van der Waals surface area contributed by atoms with Gasteiger partial charge in [-0.25, -0.2) is 0 Å². The number of benzene rings is 1. The van der Waals surface area contributed by atoms with Gasteiger partial charge in [0.15, 0.2) is 0 Å². The lowest BCUT2D eigenvalue weighted by Gasteiger charge is -2.43. The molecule has 2 N–H and O–H groups in total. The van der Waals surface area contributed by atoms with Crippen molar-refractivity contribution in [1.82, 2.24) is 5.32 Å². The normalized spacial score (nSPS) is 24.1. The molecule has 6 heteroatoms. The molecule has 0 saturated carbocycles. The first kappa shape index (κ1) is 14.7. The number of aliphatic hydroxyl groups excluding tert-OH is 1. The predicted octanol–water partition coefficient (Wildman–Crippen LogP) is 2.17. The van der Waals surface area contributed by atoms with E-state index in [2.05, 4.69) is 5.32 Å². The Morgan fingerprint density at radius 2 is 2.10 bits per heavy atom. The van der Waals surface area contributed by atoms with Crippen molar-refractivity contribution in [2.45, 2.75) is 51.5 Å². The molecule has 1 aliphatic rings. The van der Waals surface area contributed by atoms with Gasteiger partial charge >= 0.3 is 0 Å². The summed E-state index contributed by atoms with van der Waals surface area (Å²) in [5.74, 6) is 0.573. The molecule has 2 atom stereocenters. The van der Waals surface area contributed by atoms with Gasteiger partial charge in [0.2, 0.25) is 0 Å². The molecule has 0 saturated heterocycles. The zero-order valence-electron chi connectivity index (χ0n) is 12.1. The zero-order valence-corrected chi connectivity index (χ0v) is 12.1. The summed E-state index contributed by atoms with van der Waals surface area (Å²) in [4.78, 5) is 10.5. The van der Waals surface area contributed by atoms with Gasteiger partial charge in [0.25, 0.3) is 5.69 Å². The van der Waals surface area contributed by atoms with Crippen molar-refractivity contribution in [3.8, 4) is 5.75 Å². The highest BCUT2D eigenvalue weighted by Crippen LogP contribution is 2.41. The molecular formula is C14H20N2O4. The Morgan fingerprint density at radius 3 is 2.65 bits per heavy atom. The summed E-state index contributed by atoms with van der Waals surface area (Å²) in [5, 5.41) is 24.6. The van der Waals surface area contributed by atoms with Gasteiger partial charge in [0, 0.05) is 23.7 Å². The van der Waals surface area contributed by atoms with Crippen LogP contribution < -0.4 is 10.1 Å². The van der Waals surface area contributed by atoms with Crippen molar-refractivity contribution in [1.29, 1.82) is 0 Å². The van der Waals surface area contributed by atoms with E-state index in [1.165, 1.54) is 12.1 Å². The minimum absolute atomic E-state index is 0.00480. The molecule has 2 rings (SSSR count). The average Bonchev–Trinajstić information content (AvgIpc) is 2.33. The van der Waals surface area contributed by atoms with Gasteiger partial charge in [-0.15, -0.1) is 0 Å². The van der Waals surface area contributed by atoms with E-state index in [0.29, 0.717) is 11.3 Å². The largest absolute Gasteiger partial charge is 0.485 e. The Balaban J connectivity index is 2.50. The summed E-state index contributed by atoms with van der Waals surface area (Å²) in [7, 11) is 0. The minimum atomic E-state index is -0.792. The summed E-state index contributed by atoms with van der Waals surface area (Å²) in [6.45, 7) is 7.53. The van der Waals surface area contributed by atoms with Gasteiger partial charge in [-0.1, -0.05) is 13.8 Å². The van der Waals surface area contributed by atoms with Crippen LogP contribution >= 0.6 is 0 Å². The smallest absolute Gasteiger partial charge is 0.270 e. The topological polar surface area (TPSA) is 84.6 Å². The second-order valence-electron chi connectivity index (χ2n) is 5.93. The number of non-ortho nitro benzene ring substituents is 1. The van der Waals surface area contributed by atoms with Crippen LogP contribution in [0, 0.1) is 10.1 Å². The van der Waals surface area contributed by atoms with Crippen LogP contribution in [0.1, 0.15) is 39.3 Å². The Hall–Kier alpha value is -1.66. The van der Waals surface area contributed by atoms with Crippen molar-refractivity contribution in [3.05, 3.63) is 33.9 Å². The Labute approximate surface area is 117 Å². The van der Waals surface area contributed by atoms with Gasteiger partial charge in [-0.3, -0.25) is 10.1 Å². The minimum Gasteiger partial charge on any atom is -0.485 e. The molecule has 0 bridgehead atoms. The van der Waals surface area contributed by atoms with Crippen LogP contribution in [0.5, 0.6) is 5.75 Å². The highest BCUT2D eigenvalue weighted by atomic mass is 16.6. The van der Waals surface area contributed by atoms with Crippen LogP contribution in [-0.2, 0) is 0 Å². The molecule has 1 aromatic rings. The maximum absolute atomic E-state index is 10.9. The third-order valence-electron chi connectivity index (χ3n) is 3.45. The molecule has 2 unspecified atom stereocenters. The van der Waals surface area contributed by atoms with Crippen LogP contribution in [0.15, 0.2) is 18.2 Å². The van der Waals surface area contributed by atoms with E-state index >= 15 is 0 Å². The van der Waals surface area contributed by atoms with Crippen LogP contribution in [0.25, 0.3) is 0 Å². The second kappa shape index (κ2) is 5.03. The van der Waals surface area contributed by atoms with E-state index in [-0.39, 0.29) is 11.7 Å². The van der Waals surface area contributed by atoms with Crippen LogP contribution in [-0.4, -0.2) is 27.8 Å². The lowest BCUT2D eigenvalue weighted by Crippen LogP contribution is -2.53. The molecule has 0 radical (unpaired) electrons. The van der Waals surface area contributed by atoms with E-state index in [1.807, 2.05) is 13.8 Å². The van der Waals surface area contributed by atoms with Gasteiger partial charge in [0.05, 0.1) is 11.0 Å². The molecule has 1 aliphatic heterocycles. The number of hydrogen-bond acceptors (Lipinski definition) is 5. The molecule has 0 fully saturated rings.